The second-order valence-electron chi connectivity index (χ2n) is 9.22. The van der Waals surface area contributed by atoms with Crippen LogP contribution in [0.3, 0.4) is 0 Å². The van der Waals surface area contributed by atoms with Gasteiger partial charge in [0.2, 0.25) is 5.91 Å². The van der Waals surface area contributed by atoms with Gasteiger partial charge in [-0.1, -0.05) is 35.9 Å². The van der Waals surface area contributed by atoms with Gasteiger partial charge in [0.05, 0.1) is 19.5 Å². The SMILES string of the molecule is COc1ccc(/C=C(/NC(=O)c2ccccc2)C(=O)Nc2cccc(SC(C)C(=O)Nc3ccc(Cl)cc3)c2)c(OC)c1. The van der Waals surface area contributed by atoms with Crippen LogP contribution in [0.25, 0.3) is 6.08 Å². The fraction of sp³-hybridized carbons (Fsp3) is 0.121. The van der Waals surface area contributed by atoms with E-state index in [-0.39, 0.29) is 11.6 Å². The first-order chi connectivity index (χ1) is 20.7. The summed E-state index contributed by atoms with van der Waals surface area (Å²) >= 11 is 7.27. The zero-order valence-corrected chi connectivity index (χ0v) is 25.3. The van der Waals surface area contributed by atoms with Gasteiger partial charge in [0, 0.05) is 38.5 Å². The first-order valence-electron chi connectivity index (χ1n) is 13.2. The molecule has 8 nitrogen and oxygen atoms in total. The molecular formula is C33H30ClN3O5S. The number of carbonyl (C=O) groups is 3. The summed E-state index contributed by atoms with van der Waals surface area (Å²) in [5, 5.41) is 8.61. The average molecular weight is 616 g/mol. The van der Waals surface area contributed by atoms with Crippen molar-refractivity contribution < 1.29 is 23.9 Å². The first-order valence-corrected chi connectivity index (χ1v) is 14.5. The molecule has 10 heteroatoms. The Bertz CT molecular complexity index is 1630. The quantitative estimate of drug-likeness (QED) is 0.125. The maximum atomic E-state index is 13.5. The van der Waals surface area contributed by atoms with Gasteiger partial charge in [-0.2, -0.15) is 0 Å². The minimum absolute atomic E-state index is 0.00564. The smallest absolute Gasteiger partial charge is 0.272 e. The lowest BCUT2D eigenvalue weighted by atomic mass is 10.1. The van der Waals surface area contributed by atoms with Crippen LogP contribution >= 0.6 is 23.4 Å². The van der Waals surface area contributed by atoms with E-state index >= 15 is 0 Å². The second kappa shape index (κ2) is 14.9. The summed E-state index contributed by atoms with van der Waals surface area (Å²) in [4.78, 5) is 40.1. The third-order valence-corrected chi connectivity index (χ3v) is 7.50. The number of thioether (sulfide) groups is 1. The minimum atomic E-state index is -0.544. The van der Waals surface area contributed by atoms with Gasteiger partial charge in [0.1, 0.15) is 17.2 Å². The van der Waals surface area contributed by atoms with Crippen molar-refractivity contribution in [2.75, 3.05) is 24.9 Å². The Morgan fingerprint density at radius 2 is 1.56 bits per heavy atom. The third kappa shape index (κ3) is 8.88. The van der Waals surface area contributed by atoms with Crippen molar-refractivity contribution >= 4 is 58.5 Å². The number of nitrogens with one attached hydrogen (secondary N) is 3. The van der Waals surface area contributed by atoms with Gasteiger partial charge in [-0.05, 0) is 79.7 Å². The molecule has 1 atom stereocenters. The maximum Gasteiger partial charge on any atom is 0.272 e. The molecule has 0 aliphatic rings. The van der Waals surface area contributed by atoms with Crippen molar-refractivity contribution in [3.63, 3.8) is 0 Å². The highest BCUT2D eigenvalue weighted by atomic mass is 35.5. The van der Waals surface area contributed by atoms with Crippen molar-refractivity contribution in [3.05, 3.63) is 119 Å². The fourth-order valence-corrected chi connectivity index (χ4v) is 4.97. The number of rotatable bonds is 11. The summed E-state index contributed by atoms with van der Waals surface area (Å²) in [5.74, 6) is -0.122. The lowest BCUT2D eigenvalue weighted by molar-refractivity contribution is -0.115. The van der Waals surface area contributed by atoms with Gasteiger partial charge >= 0.3 is 0 Å². The van der Waals surface area contributed by atoms with E-state index in [9.17, 15) is 14.4 Å². The zero-order valence-electron chi connectivity index (χ0n) is 23.7. The Labute approximate surface area is 259 Å². The number of ether oxygens (including phenoxy) is 2. The van der Waals surface area contributed by atoms with Crippen LogP contribution in [0.2, 0.25) is 5.02 Å². The molecule has 3 amide bonds. The van der Waals surface area contributed by atoms with E-state index in [4.69, 9.17) is 21.1 Å². The van der Waals surface area contributed by atoms with Crippen LogP contribution in [0.4, 0.5) is 11.4 Å². The van der Waals surface area contributed by atoms with Crippen molar-refractivity contribution in [2.24, 2.45) is 0 Å². The molecule has 4 rings (SSSR count). The number of hydrogen-bond donors (Lipinski definition) is 3. The molecule has 0 saturated heterocycles. The van der Waals surface area contributed by atoms with Crippen LogP contribution < -0.4 is 25.4 Å². The van der Waals surface area contributed by atoms with E-state index < -0.39 is 17.1 Å². The monoisotopic (exact) mass is 615 g/mol. The topological polar surface area (TPSA) is 106 Å². The Hall–Kier alpha value is -4.73. The predicted octanol–water partition coefficient (Wildman–Crippen LogP) is 6.89. The molecule has 0 bridgehead atoms. The number of methoxy groups -OCH3 is 2. The van der Waals surface area contributed by atoms with Gasteiger partial charge in [-0.25, -0.2) is 0 Å². The lowest BCUT2D eigenvalue weighted by Crippen LogP contribution is -2.30. The van der Waals surface area contributed by atoms with E-state index in [1.165, 1.54) is 24.9 Å². The molecular weight excluding hydrogens is 586 g/mol. The molecule has 0 aliphatic carbocycles. The molecule has 0 aromatic heterocycles. The standard InChI is InChI=1S/C33H30ClN3O5S/c1-21(31(38)35-25-15-13-24(34)14-16-25)43-28-11-7-10-26(19-28)36-33(40)29(37-32(39)22-8-5-4-6-9-22)18-23-12-17-27(41-2)20-30(23)42-3/h4-21H,1-3H3,(H,35,38)(H,36,40)(H,37,39)/b29-18+. The molecule has 1 unspecified atom stereocenters. The van der Waals surface area contributed by atoms with Gasteiger partial charge in [-0.15, -0.1) is 11.8 Å². The van der Waals surface area contributed by atoms with E-state index in [1.54, 1.807) is 105 Å². The van der Waals surface area contributed by atoms with Crippen molar-refractivity contribution in [1.82, 2.24) is 5.32 Å². The van der Waals surface area contributed by atoms with E-state index in [1.807, 2.05) is 6.07 Å². The highest BCUT2D eigenvalue weighted by Crippen LogP contribution is 2.28. The van der Waals surface area contributed by atoms with Gasteiger partial charge in [0.15, 0.2) is 0 Å². The Balaban J connectivity index is 1.53. The molecule has 0 radical (unpaired) electrons. The fourth-order valence-electron chi connectivity index (χ4n) is 3.92. The number of halogens is 1. The lowest BCUT2D eigenvalue weighted by Gasteiger charge is -2.15. The van der Waals surface area contributed by atoms with Crippen molar-refractivity contribution in [3.8, 4) is 11.5 Å². The Morgan fingerprint density at radius 1 is 0.814 bits per heavy atom. The van der Waals surface area contributed by atoms with Crippen LogP contribution in [0, 0.1) is 0 Å². The van der Waals surface area contributed by atoms with Gasteiger partial charge in [0.25, 0.3) is 11.8 Å². The minimum Gasteiger partial charge on any atom is -0.497 e. The number of benzene rings is 4. The number of anilines is 2. The largest absolute Gasteiger partial charge is 0.497 e. The first kappa shape index (κ1) is 31.2. The summed E-state index contributed by atoms with van der Waals surface area (Å²) in [6.07, 6.45) is 1.54. The molecule has 0 fully saturated rings. The van der Waals surface area contributed by atoms with Crippen LogP contribution in [0.5, 0.6) is 11.5 Å². The van der Waals surface area contributed by atoms with Crippen molar-refractivity contribution in [1.29, 1.82) is 0 Å². The number of carbonyl (C=O) groups excluding carboxylic acids is 3. The van der Waals surface area contributed by atoms with Crippen molar-refractivity contribution in [2.45, 2.75) is 17.1 Å². The molecule has 0 aliphatic heterocycles. The average Bonchev–Trinajstić information content (AvgIpc) is 3.02. The summed E-state index contributed by atoms with van der Waals surface area (Å²) in [7, 11) is 3.05. The predicted molar refractivity (Wildman–Crippen MR) is 172 cm³/mol. The van der Waals surface area contributed by atoms with E-state index in [0.717, 1.165) is 4.90 Å². The summed E-state index contributed by atoms with van der Waals surface area (Å²) < 4.78 is 10.8. The number of amides is 3. The summed E-state index contributed by atoms with van der Waals surface area (Å²) in [5.41, 5.74) is 2.10. The molecule has 4 aromatic carbocycles. The molecule has 0 heterocycles. The van der Waals surface area contributed by atoms with Crippen LogP contribution in [-0.2, 0) is 9.59 Å². The summed E-state index contributed by atoms with van der Waals surface area (Å²) in [6.45, 7) is 1.80. The molecule has 0 saturated carbocycles. The normalized spacial score (nSPS) is 11.7. The molecule has 43 heavy (non-hydrogen) atoms. The highest BCUT2D eigenvalue weighted by Gasteiger charge is 2.18. The highest BCUT2D eigenvalue weighted by molar-refractivity contribution is 8.00. The van der Waals surface area contributed by atoms with Gasteiger partial charge in [-0.3, -0.25) is 14.4 Å². The number of hydrogen-bond acceptors (Lipinski definition) is 6. The zero-order chi connectivity index (χ0) is 30.8. The molecule has 4 aromatic rings. The summed E-state index contributed by atoms with van der Waals surface area (Å²) in [6, 6.07) is 27.7. The van der Waals surface area contributed by atoms with Crippen LogP contribution in [-0.4, -0.2) is 37.2 Å². The third-order valence-electron chi connectivity index (χ3n) is 6.16. The Kier molecular flexibility index (Phi) is 10.9. The Morgan fingerprint density at radius 3 is 2.26 bits per heavy atom. The molecule has 220 valence electrons. The second-order valence-corrected chi connectivity index (χ2v) is 11.1. The molecule has 3 N–H and O–H groups in total. The maximum absolute atomic E-state index is 13.5. The van der Waals surface area contributed by atoms with Gasteiger partial charge < -0.3 is 25.4 Å². The van der Waals surface area contributed by atoms with Crippen LogP contribution in [0.15, 0.2) is 108 Å². The van der Waals surface area contributed by atoms with E-state index in [0.29, 0.717) is 39.0 Å². The van der Waals surface area contributed by atoms with E-state index in [2.05, 4.69) is 16.0 Å². The van der Waals surface area contributed by atoms with Crippen LogP contribution in [0.1, 0.15) is 22.8 Å². The molecule has 0 spiro atoms.